The lowest BCUT2D eigenvalue weighted by molar-refractivity contribution is -0.132. The summed E-state index contributed by atoms with van der Waals surface area (Å²) in [5, 5.41) is 23.3. The first-order valence-corrected chi connectivity index (χ1v) is 16.5. The van der Waals surface area contributed by atoms with Crippen molar-refractivity contribution in [3.63, 3.8) is 0 Å². The first kappa shape index (κ1) is 37.5. The highest BCUT2D eigenvalue weighted by atomic mass is 19.1. The van der Waals surface area contributed by atoms with Crippen LogP contribution in [0, 0.1) is 11.6 Å². The molecule has 3 aromatic rings. The Morgan fingerprint density at radius 2 is 1.72 bits per heavy atom. The minimum Gasteiger partial charge on any atom is -0.508 e. The molecule has 1 aliphatic heterocycles. The van der Waals surface area contributed by atoms with Crippen molar-refractivity contribution in [2.45, 2.75) is 57.9 Å². The fraction of sp³-hybridized carbons (Fsp3) is 0.371. The van der Waals surface area contributed by atoms with E-state index in [-0.39, 0.29) is 25.3 Å². The van der Waals surface area contributed by atoms with Crippen molar-refractivity contribution >= 4 is 29.5 Å². The van der Waals surface area contributed by atoms with Gasteiger partial charge in [-0.15, -0.1) is 0 Å². The fourth-order valence-electron chi connectivity index (χ4n) is 5.72. The van der Waals surface area contributed by atoms with Crippen molar-refractivity contribution in [2.24, 2.45) is 16.5 Å². The number of halogens is 2. The Labute approximate surface area is 289 Å². The highest BCUT2D eigenvalue weighted by Crippen LogP contribution is 2.35. The number of guanidine groups is 1. The van der Waals surface area contributed by atoms with Gasteiger partial charge in [0, 0.05) is 62.7 Å². The number of carbonyl (C=O) groups excluding carboxylic acids is 3. The molecule has 4 amide bonds. The molecule has 4 rings (SSSR count). The van der Waals surface area contributed by atoms with Crippen molar-refractivity contribution in [3.8, 4) is 5.75 Å². The van der Waals surface area contributed by atoms with Crippen LogP contribution in [0.3, 0.4) is 0 Å². The van der Waals surface area contributed by atoms with Crippen LogP contribution >= 0.6 is 0 Å². The zero-order chi connectivity index (χ0) is 36.0. The van der Waals surface area contributed by atoms with Gasteiger partial charge in [0.05, 0.1) is 0 Å². The first-order valence-electron chi connectivity index (χ1n) is 16.5. The van der Waals surface area contributed by atoms with E-state index in [4.69, 9.17) is 11.5 Å². The molecule has 0 saturated carbocycles. The summed E-state index contributed by atoms with van der Waals surface area (Å²) in [6.45, 7) is 3.97. The third-order valence-corrected chi connectivity index (χ3v) is 8.14. The standard InChI is InChI=1S/C35H45F2N9O4/c1-2-40-35(50)45-34(39)42-15-7-13-30(32(48)43-19-25-27(36)17-24(47)18-28(25)37)44-33(49)31(22-9-4-3-5-10-22)46-20-23-11-6-12-29(26(23)21-46)41-16-8-14-38/h3-6,9-12,17-18,30-31,41,47H,2,7-8,13-16,19-21,38H2,1H3,(H,43,48)(H,44,49)(H4,39,40,42,45,50)/t30-,31?/m1/s1. The molecule has 1 aliphatic rings. The van der Waals surface area contributed by atoms with Crippen molar-refractivity contribution < 1.29 is 28.3 Å². The normalized spacial score (nSPS) is 14.0. The SMILES string of the molecule is CCNC(=O)NC(N)=NCCC[C@@H](NC(=O)C(c1ccccc1)N1Cc2cccc(NCCCN)c2C1)C(=O)NCc1c(F)cc(O)cc1F. The predicted molar refractivity (Wildman–Crippen MR) is 187 cm³/mol. The summed E-state index contributed by atoms with van der Waals surface area (Å²) in [6, 6.07) is 14.3. The number of anilines is 1. The fourth-order valence-corrected chi connectivity index (χ4v) is 5.72. The number of phenols is 1. The lowest BCUT2D eigenvalue weighted by atomic mass is 10.0. The van der Waals surface area contributed by atoms with Crippen LogP contribution in [0.25, 0.3) is 0 Å². The maximum absolute atomic E-state index is 14.4. The zero-order valence-electron chi connectivity index (χ0n) is 28.0. The minimum atomic E-state index is -1.12. The van der Waals surface area contributed by atoms with E-state index in [0.29, 0.717) is 32.7 Å². The van der Waals surface area contributed by atoms with E-state index in [0.717, 1.165) is 40.9 Å². The molecular formula is C35H45F2N9O4. The number of phenolic OH excluding ortho intramolecular Hbond substituents is 1. The van der Waals surface area contributed by atoms with Crippen LogP contribution in [0.1, 0.15) is 54.5 Å². The maximum Gasteiger partial charge on any atom is 0.321 e. The molecule has 3 aromatic carbocycles. The van der Waals surface area contributed by atoms with E-state index < -0.39 is 59.4 Å². The number of hydrogen-bond donors (Lipinski definition) is 8. The van der Waals surface area contributed by atoms with Crippen molar-refractivity contribution in [3.05, 3.63) is 94.6 Å². The third kappa shape index (κ3) is 10.4. The molecule has 13 nitrogen and oxygen atoms in total. The number of fused-ring (bicyclic) bond motifs is 1. The molecule has 15 heteroatoms. The number of benzene rings is 3. The number of urea groups is 1. The average molecular weight is 694 g/mol. The van der Waals surface area contributed by atoms with Crippen LogP contribution in [-0.4, -0.2) is 66.0 Å². The highest BCUT2D eigenvalue weighted by Gasteiger charge is 2.35. The van der Waals surface area contributed by atoms with Crippen molar-refractivity contribution in [1.82, 2.24) is 26.2 Å². The van der Waals surface area contributed by atoms with Crippen LogP contribution in [0.4, 0.5) is 19.3 Å². The van der Waals surface area contributed by atoms with Gasteiger partial charge in [0.2, 0.25) is 11.8 Å². The van der Waals surface area contributed by atoms with Gasteiger partial charge >= 0.3 is 6.03 Å². The second-order valence-electron chi connectivity index (χ2n) is 11.8. The molecule has 268 valence electrons. The topological polar surface area (TPSA) is 199 Å². The van der Waals surface area contributed by atoms with Crippen LogP contribution in [0.5, 0.6) is 5.75 Å². The van der Waals surface area contributed by atoms with Gasteiger partial charge in [0.1, 0.15) is 29.5 Å². The van der Waals surface area contributed by atoms with Gasteiger partial charge in [-0.3, -0.25) is 24.8 Å². The molecule has 10 N–H and O–H groups in total. The molecule has 1 unspecified atom stereocenters. The predicted octanol–water partition coefficient (Wildman–Crippen LogP) is 2.70. The number of nitrogens with two attached hydrogens (primary N) is 2. The largest absolute Gasteiger partial charge is 0.508 e. The molecule has 2 atom stereocenters. The molecule has 0 bridgehead atoms. The van der Waals surface area contributed by atoms with Gasteiger partial charge < -0.3 is 37.8 Å². The van der Waals surface area contributed by atoms with E-state index in [1.807, 2.05) is 53.4 Å². The van der Waals surface area contributed by atoms with Crippen LogP contribution in [-0.2, 0) is 29.2 Å². The Hall–Kier alpha value is -5.28. The Morgan fingerprint density at radius 3 is 2.42 bits per heavy atom. The van der Waals surface area contributed by atoms with Crippen molar-refractivity contribution in [1.29, 1.82) is 0 Å². The second kappa shape index (κ2) is 18.5. The second-order valence-corrected chi connectivity index (χ2v) is 11.8. The maximum atomic E-state index is 14.4. The van der Waals surface area contributed by atoms with E-state index in [1.165, 1.54) is 0 Å². The number of nitrogens with one attached hydrogen (secondary N) is 5. The lowest BCUT2D eigenvalue weighted by Crippen LogP contribution is -2.50. The zero-order valence-corrected chi connectivity index (χ0v) is 28.0. The lowest BCUT2D eigenvalue weighted by Gasteiger charge is -2.29. The molecule has 0 aliphatic carbocycles. The van der Waals surface area contributed by atoms with Gasteiger partial charge in [-0.05, 0) is 55.5 Å². The summed E-state index contributed by atoms with van der Waals surface area (Å²) in [4.78, 5) is 45.6. The number of rotatable bonds is 16. The number of aliphatic imine (C=N–C) groups is 1. The Kier molecular flexibility index (Phi) is 13.9. The average Bonchev–Trinajstić information content (AvgIpc) is 3.50. The summed E-state index contributed by atoms with van der Waals surface area (Å²) in [5.41, 5.74) is 14.9. The van der Waals surface area contributed by atoms with E-state index in [2.05, 4.69) is 31.6 Å². The number of aromatic hydroxyl groups is 1. The van der Waals surface area contributed by atoms with E-state index >= 15 is 0 Å². The highest BCUT2D eigenvalue weighted by molar-refractivity contribution is 5.95. The summed E-state index contributed by atoms with van der Waals surface area (Å²) in [6.07, 6.45) is 1.16. The third-order valence-electron chi connectivity index (χ3n) is 8.14. The Bertz CT molecular complexity index is 1640. The van der Waals surface area contributed by atoms with Gasteiger partial charge in [0.15, 0.2) is 5.96 Å². The number of amides is 4. The first-order chi connectivity index (χ1) is 24.1. The number of carbonyl (C=O) groups is 3. The summed E-state index contributed by atoms with van der Waals surface area (Å²) >= 11 is 0. The molecule has 1 heterocycles. The van der Waals surface area contributed by atoms with Crippen LogP contribution in [0.2, 0.25) is 0 Å². The molecule has 0 aromatic heterocycles. The van der Waals surface area contributed by atoms with E-state index in [9.17, 15) is 28.3 Å². The summed E-state index contributed by atoms with van der Waals surface area (Å²) in [5.74, 6) is -3.87. The Morgan fingerprint density at radius 1 is 0.980 bits per heavy atom. The van der Waals surface area contributed by atoms with Crippen LogP contribution < -0.4 is 38.1 Å². The van der Waals surface area contributed by atoms with Gasteiger partial charge in [-0.2, -0.15) is 0 Å². The summed E-state index contributed by atoms with van der Waals surface area (Å²) < 4.78 is 28.9. The number of hydrogen-bond acceptors (Lipinski definition) is 8. The van der Waals surface area contributed by atoms with Crippen LogP contribution in [0.15, 0.2) is 65.7 Å². The molecule has 0 fully saturated rings. The molecule has 50 heavy (non-hydrogen) atoms. The van der Waals surface area contributed by atoms with Gasteiger partial charge in [-0.25, -0.2) is 13.6 Å². The Balaban J connectivity index is 1.54. The molecule has 0 spiro atoms. The molecule has 0 saturated heterocycles. The van der Waals surface area contributed by atoms with Gasteiger partial charge in [-0.1, -0.05) is 42.5 Å². The monoisotopic (exact) mass is 693 g/mol. The molecular weight excluding hydrogens is 648 g/mol. The van der Waals surface area contributed by atoms with Gasteiger partial charge in [0.25, 0.3) is 0 Å². The minimum absolute atomic E-state index is 0.0903. The molecule has 0 radical (unpaired) electrons. The van der Waals surface area contributed by atoms with E-state index in [1.54, 1.807) is 6.92 Å². The quantitative estimate of drug-likeness (QED) is 0.0636. The van der Waals surface area contributed by atoms with Crippen molar-refractivity contribution in [2.75, 3.05) is 31.5 Å². The number of nitrogens with zero attached hydrogens (tertiary/aromatic N) is 2. The smallest absolute Gasteiger partial charge is 0.321 e. The summed E-state index contributed by atoms with van der Waals surface area (Å²) in [7, 11) is 0.